The number of fused-ring (bicyclic) bond motifs is 9. The number of carbonyl (C=O) groups is 1. The summed E-state index contributed by atoms with van der Waals surface area (Å²) in [5, 5.41) is 7.48. The van der Waals surface area contributed by atoms with Crippen molar-refractivity contribution in [3.05, 3.63) is 52.3 Å². The molecular formula is C25H25BrN6O2. The number of carbonyl (C=O) groups excluding carboxylic acids is 1. The Morgan fingerprint density at radius 1 is 1.15 bits per heavy atom. The van der Waals surface area contributed by atoms with Gasteiger partial charge in [-0.25, -0.2) is 9.67 Å². The van der Waals surface area contributed by atoms with E-state index < -0.39 is 0 Å². The molecule has 4 bridgehead atoms. The topological polar surface area (TPSA) is 86.9 Å². The first-order chi connectivity index (χ1) is 16.4. The van der Waals surface area contributed by atoms with Crippen molar-refractivity contribution in [3.8, 4) is 17.1 Å². The molecule has 1 saturated carbocycles. The Hall–Kier alpha value is -3.20. The maximum absolute atomic E-state index is 13.4. The van der Waals surface area contributed by atoms with Gasteiger partial charge in [-0.1, -0.05) is 15.9 Å². The van der Waals surface area contributed by atoms with Crippen molar-refractivity contribution in [3.63, 3.8) is 0 Å². The van der Waals surface area contributed by atoms with Crippen LogP contribution in [0.4, 0.5) is 5.95 Å². The molecule has 2 aliphatic rings. The molecule has 4 aromatic rings. The molecule has 1 aliphatic heterocycles. The van der Waals surface area contributed by atoms with Gasteiger partial charge in [0.1, 0.15) is 0 Å². The number of aryl methyl sites for hydroxylation is 2. The largest absolute Gasteiger partial charge is 0.477 e. The highest BCUT2D eigenvalue weighted by atomic mass is 79.9. The number of imidazole rings is 1. The van der Waals surface area contributed by atoms with Gasteiger partial charge < -0.3 is 9.30 Å². The van der Waals surface area contributed by atoms with Crippen LogP contribution in [0.1, 0.15) is 35.3 Å². The third-order valence-corrected chi connectivity index (χ3v) is 7.35. The van der Waals surface area contributed by atoms with E-state index in [0.717, 1.165) is 52.6 Å². The van der Waals surface area contributed by atoms with E-state index in [1.165, 1.54) is 0 Å². The molecular weight excluding hydrogens is 496 g/mol. The summed E-state index contributed by atoms with van der Waals surface area (Å²) >= 11 is 3.59. The summed E-state index contributed by atoms with van der Waals surface area (Å²) in [4.78, 5) is 22.8. The molecule has 1 aromatic carbocycles. The van der Waals surface area contributed by atoms with E-state index in [2.05, 4.69) is 42.0 Å². The number of amides is 1. The summed E-state index contributed by atoms with van der Waals surface area (Å²) < 4.78 is 11.2. The summed E-state index contributed by atoms with van der Waals surface area (Å²) in [6.07, 6.45) is 5.06. The van der Waals surface area contributed by atoms with E-state index in [1.54, 1.807) is 23.0 Å². The van der Waals surface area contributed by atoms with Gasteiger partial charge in [0.2, 0.25) is 11.8 Å². The van der Waals surface area contributed by atoms with Crippen LogP contribution in [-0.4, -0.2) is 36.8 Å². The number of benzene rings is 1. The second kappa shape index (κ2) is 8.23. The Kier molecular flexibility index (Phi) is 5.17. The van der Waals surface area contributed by atoms with Crippen molar-refractivity contribution >= 4 is 38.8 Å². The van der Waals surface area contributed by atoms with Crippen LogP contribution in [0, 0.1) is 18.8 Å². The quantitative estimate of drug-likeness (QED) is 0.354. The Balaban J connectivity index is 1.49. The number of hydrogen-bond acceptors (Lipinski definition) is 5. The van der Waals surface area contributed by atoms with Crippen LogP contribution in [0.3, 0.4) is 0 Å². The van der Waals surface area contributed by atoms with Crippen LogP contribution in [0.5, 0.6) is 5.88 Å². The minimum Gasteiger partial charge on any atom is -0.477 e. The third kappa shape index (κ3) is 3.77. The standard InChI is InChI=1S/C25H25BrN6O2/c1-14-7-17-9-21(28-14)19-11-27-31(2)24(19)34-13-16-4-3-15(8-16)12-32-22-10-18(26)5-6-20(22)29-25(32)30-23(17)33/h5-7,9-11,15-16H,3-4,8,12-13H2,1-2H3,(H,29,30,33)/t15-,16+/m1/s1. The van der Waals surface area contributed by atoms with Crippen LogP contribution < -0.4 is 10.1 Å². The number of nitrogens with one attached hydrogen (secondary N) is 1. The predicted molar refractivity (Wildman–Crippen MR) is 133 cm³/mol. The van der Waals surface area contributed by atoms with E-state index in [1.807, 2.05) is 26.1 Å². The molecule has 0 spiro atoms. The molecule has 1 fully saturated rings. The lowest BCUT2D eigenvalue weighted by Crippen LogP contribution is -2.18. The van der Waals surface area contributed by atoms with Crippen molar-refractivity contribution in [2.45, 2.75) is 32.7 Å². The van der Waals surface area contributed by atoms with Crippen LogP contribution in [0.2, 0.25) is 0 Å². The summed E-state index contributed by atoms with van der Waals surface area (Å²) in [6.45, 7) is 3.33. The number of ether oxygens (including phenoxy) is 1. The van der Waals surface area contributed by atoms with E-state index in [9.17, 15) is 4.79 Å². The predicted octanol–water partition coefficient (Wildman–Crippen LogP) is 4.96. The summed E-state index contributed by atoms with van der Waals surface area (Å²) in [6, 6.07) is 9.61. The summed E-state index contributed by atoms with van der Waals surface area (Å²) in [5.74, 6) is 2.01. The molecule has 1 aliphatic carbocycles. The Bertz CT molecular complexity index is 1420. The molecule has 34 heavy (non-hydrogen) atoms. The average Bonchev–Trinajstić information content (AvgIpc) is 3.50. The SMILES string of the molecule is Cc1cc2cc(n1)-c1cnn(C)c1OC[C@H]1CC[C@H](C1)Cn1c(nc3ccc(Br)cc31)NC2=O. The van der Waals surface area contributed by atoms with Gasteiger partial charge in [0.15, 0.2) is 0 Å². The minimum atomic E-state index is -0.215. The van der Waals surface area contributed by atoms with E-state index in [0.29, 0.717) is 41.5 Å². The van der Waals surface area contributed by atoms with E-state index in [4.69, 9.17) is 9.72 Å². The smallest absolute Gasteiger partial charge is 0.258 e. The maximum atomic E-state index is 13.4. The Morgan fingerprint density at radius 2 is 2.00 bits per heavy atom. The van der Waals surface area contributed by atoms with Gasteiger partial charge in [-0.2, -0.15) is 5.10 Å². The van der Waals surface area contributed by atoms with E-state index >= 15 is 0 Å². The van der Waals surface area contributed by atoms with Crippen LogP contribution >= 0.6 is 15.9 Å². The Labute approximate surface area is 205 Å². The van der Waals surface area contributed by atoms with Crippen molar-refractivity contribution in [2.75, 3.05) is 11.9 Å². The van der Waals surface area contributed by atoms with Crippen LogP contribution in [0.25, 0.3) is 22.3 Å². The van der Waals surface area contributed by atoms with Gasteiger partial charge in [0, 0.05) is 29.3 Å². The fourth-order valence-corrected chi connectivity index (χ4v) is 5.56. The zero-order valence-electron chi connectivity index (χ0n) is 19.1. The van der Waals surface area contributed by atoms with Crippen molar-refractivity contribution in [1.29, 1.82) is 0 Å². The number of pyridine rings is 1. The molecule has 9 heteroatoms. The van der Waals surface area contributed by atoms with Gasteiger partial charge >= 0.3 is 0 Å². The number of nitrogens with zero attached hydrogens (tertiary/aromatic N) is 5. The second-order valence-corrected chi connectivity index (χ2v) is 10.3. The molecule has 8 nitrogen and oxygen atoms in total. The van der Waals surface area contributed by atoms with Gasteiger partial charge in [-0.3, -0.25) is 15.1 Å². The molecule has 174 valence electrons. The first-order valence-electron chi connectivity index (χ1n) is 11.6. The number of aromatic nitrogens is 5. The van der Waals surface area contributed by atoms with Gasteiger partial charge in [-0.05, 0) is 68.4 Å². The minimum absolute atomic E-state index is 0.215. The summed E-state index contributed by atoms with van der Waals surface area (Å²) in [5.41, 5.74) is 4.61. The van der Waals surface area contributed by atoms with E-state index in [-0.39, 0.29) is 5.91 Å². The average molecular weight is 521 g/mol. The number of hydrogen-bond donors (Lipinski definition) is 1. The van der Waals surface area contributed by atoms with Crippen molar-refractivity contribution in [1.82, 2.24) is 24.3 Å². The van der Waals surface area contributed by atoms with Crippen LogP contribution in [0.15, 0.2) is 41.0 Å². The first-order valence-corrected chi connectivity index (χ1v) is 12.3. The fourth-order valence-electron chi connectivity index (χ4n) is 5.21. The molecule has 2 atom stereocenters. The zero-order valence-corrected chi connectivity index (χ0v) is 20.7. The highest BCUT2D eigenvalue weighted by Crippen LogP contribution is 2.36. The fraction of sp³-hybridized carbons (Fsp3) is 0.360. The van der Waals surface area contributed by atoms with Gasteiger partial charge in [0.05, 0.1) is 35.1 Å². The summed E-state index contributed by atoms with van der Waals surface area (Å²) in [7, 11) is 1.87. The normalized spacial score (nSPS) is 20.1. The lowest BCUT2D eigenvalue weighted by atomic mass is 10.1. The molecule has 0 radical (unpaired) electrons. The zero-order chi connectivity index (χ0) is 23.4. The first kappa shape index (κ1) is 21.3. The number of halogens is 1. The second-order valence-electron chi connectivity index (χ2n) is 9.36. The highest BCUT2D eigenvalue weighted by Gasteiger charge is 2.28. The molecule has 4 heterocycles. The number of anilines is 1. The number of rotatable bonds is 0. The van der Waals surface area contributed by atoms with Crippen molar-refractivity contribution < 1.29 is 9.53 Å². The molecule has 0 unspecified atom stereocenters. The molecule has 1 N–H and O–H groups in total. The monoisotopic (exact) mass is 520 g/mol. The Morgan fingerprint density at radius 3 is 2.88 bits per heavy atom. The van der Waals surface area contributed by atoms with Gasteiger partial charge in [0.25, 0.3) is 5.91 Å². The molecule has 1 amide bonds. The lowest BCUT2D eigenvalue weighted by Gasteiger charge is -2.16. The maximum Gasteiger partial charge on any atom is 0.258 e. The molecule has 3 aromatic heterocycles. The highest BCUT2D eigenvalue weighted by molar-refractivity contribution is 9.10. The third-order valence-electron chi connectivity index (χ3n) is 6.86. The van der Waals surface area contributed by atoms with Gasteiger partial charge in [-0.15, -0.1) is 0 Å². The molecule has 6 rings (SSSR count). The lowest BCUT2D eigenvalue weighted by molar-refractivity contribution is 0.102. The van der Waals surface area contributed by atoms with Crippen molar-refractivity contribution in [2.24, 2.45) is 18.9 Å². The van der Waals surface area contributed by atoms with Crippen LogP contribution in [-0.2, 0) is 13.6 Å². The molecule has 0 saturated heterocycles.